The maximum absolute atomic E-state index is 10.4. The molecule has 4 N–H and O–H groups in total. The maximum atomic E-state index is 10.4. The lowest BCUT2D eigenvalue weighted by molar-refractivity contribution is -0.115. The minimum Gasteiger partial charge on any atom is -0.394 e. The second kappa shape index (κ2) is 7.21. The van der Waals surface area contributed by atoms with Crippen molar-refractivity contribution >= 4 is 6.29 Å². The summed E-state index contributed by atoms with van der Waals surface area (Å²) in [6.45, 7) is 0.243. The average molecular weight is 175 g/mol. The van der Waals surface area contributed by atoms with Crippen LogP contribution in [0.25, 0.3) is 0 Å². The summed E-state index contributed by atoms with van der Waals surface area (Å²) in [5, 5.41) is 17.7. The molecule has 4 nitrogen and oxygen atoms in total. The van der Waals surface area contributed by atoms with Crippen molar-refractivity contribution in [1.82, 2.24) is 0 Å². The zero-order chi connectivity index (χ0) is 9.40. The number of carbonyl (C=O) groups excluding carboxylic acids is 1. The Morgan fingerprint density at radius 3 is 2.50 bits per heavy atom. The Bertz CT molecular complexity index is 119. The van der Waals surface area contributed by atoms with Crippen LogP contribution in [-0.4, -0.2) is 35.8 Å². The minimum atomic E-state index is -0.916. The molecule has 0 heterocycles. The number of carbonyl (C=O) groups is 1. The monoisotopic (exact) mass is 175 g/mol. The number of rotatable bonds is 7. The maximum Gasteiger partial charge on any atom is 0.125 e. The van der Waals surface area contributed by atoms with Gasteiger partial charge in [-0.05, 0) is 19.4 Å². The van der Waals surface area contributed by atoms with E-state index in [9.17, 15) is 4.79 Å². The van der Waals surface area contributed by atoms with E-state index in [0.29, 0.717) is 19.3 Å². The van der Waals surface area contributed by atoms with Crippen LogP contribution in [0.2, 0.25) is 0 Å². The zero-order valence-corrected chi connectivity index (χ0v) is 7.15. The van der Waals surface area contributed by atoms with Crippen molar-refractivity contribution in [2.45, 2.75) is 25.4 Å². The van der Waals surface area contributed by atoms with Crippen LogP contribution < -0.4 is 5.73 Å². The van der Waals surface area contributed by atoms with Gasteiger partial charge in [-0.3, -0.25) is 0 Å². The van der Waals surface area contributed by atoms with E-state index in [1.165, 1.54) is 0 Å². The summed E-state index contributed by atoms with van der Waals surface area (Å²) in [5.41, 5.74) is 5.26. The number of hydrogen-bond donors (Lipinski definition) is 3. The van der Waals surface area contributed by atoms with Crippen LogP contribution in [0.1, 0.15) is 19.3 Å². The summed E-state index contributed by atoms with van der Waals surface area (Å²) in [7, 11) is 0. The smallest absolute Gasteiger partial charge is 0.125 e. The van der Waals surface area contributed by atoms with Gasteiger partial charge in [-0.25, -0.2) is 0 Å². The molecule has 0 aliphatic rings. The summed E-state index contributed by atoms with van der Waals surface area (Å²) >= 11 is 0. The minimum absolute atomic E-state index is 0.355. The van der Waals surface area contributed by atoms with Crippen LogP contribution in [0.5, 0.6) is 0 Å². The van der Waals surface area contributed by atoms with Gasteiger partial charge in [0.05, 0.1) is 12.7 Å². The zero-order valence-electron chi connectivity index (χ0n) is 7.15. The van der Waals surface area contributed by atoms with Gasteiger partial charge in [0.15, 0.2) is 0 Å². The van der Waals surface area contributed by atoms with Gasteiger partial charge in [-0.15, -0.1) is 0 Å². The second-order valence-corrected chi connectivity index (χ2v) is 2.83. The molecule has 4 heteroatoms. The summed E-state index contributed by atoms with van der Waals surface area (Å²) in [4.78, 5) is 10.4. The molecular formula is C8H17NO3. The van der Waals surface area contributed by atoms with Gasteiger partial charge < -0.3 is 20.7 Å². The molecule has 12 heavy (non-hydrogen) atoms. The summed E-state index contributed by atoms with van der Waals surface area (Å²) in [5.74, 6) is -0.443. The Morgan fingerprint density at radius 1 is 1.42 bits per heavy atom. The molecule has 0 aromatic carbocycles. The third kappa shape index (κ3) is 4.43. The molecule has 0 radical (unpaired) electrons. The number of aliphatic hydroxyl groups is 2. The van der Waals surface area contributed by atoms with E-state index in [2.05, 4.69) is 0 Å². The topological polar surface area (TPSA) is 83.6 Å². The van der Waals surface area contributed by atoms with Crippen molar-refractivity contribution in [3.05, 3.63) is 0 Å². The van der Waals surface area contributed by atoms with E-state index < -0.39 is 12.0 Å². The van der Waals surface area contributed by atoms with Gasteiger partial charge in [-0.1, -0.05) is 6.42 Å². The SMILES string of the molecule is NCCCCC(C=O)C(O)CO. The summed E-state index contributed by atoms with van der Waals surface area (Å²) in [6.07, 6.45) is 2.04. The molecule has 0 rings (SSSR count). The lowest BCUT2D eigenvalue weighted by atomic mass is 9.98. The first kappa shape index (κ1) is 11.6. The standard InChI is InChI=1S/C8H17NO3/c9-4-2-1-3-7(5-10)8(12)6-11/h5,7-8,11-12H,1-4,6,9H2. The number of aliphatic hydroxyl groups excluding tert-OH is 2. The van der Waals surface area contributed by atoms with Gasteiger partial charge in [0.25, 0.3) is 0 Å². The normalized spacial score (nSPS) is 15.6. The highest BCUT2D eigenvalue weighted by Crippen LogP contribution is 2.09. The molecule has 2 unspecified atom stereocenters. The molecule has 0 saturated heterocycles. The molecule has 0 fully saturated rings. The van der Waals surface area contributed by atoms with Gasteiger partial charge in [0.2, 0.25) is 0 Å². The number of aldehydes is 1. The first-order valence-electron chi connectivity index (χ1n) is 4.20. The molecule has 0 amide bonds. The highest BCUT2D eigenvalue weighted by atomic mass is 16.3. The number of hydrogen-bond acceptors (Lipinski definition) is 4. The largest absolute Gasteiger partial charge is 0.394 e. The third-order valence-corrected chi connectivity index (χ3v) is 1.85. The van der Waals surface area contributed by atoms with Crippen molar-refractivity contribution in [3.63, 3.8) is 0 Å². The summed E-state index contributed by atoms with van der Waals surface area (Å²) in [6, 6.07) is 0. The predicted octanol–water partition coefficient (Wildman–Crippen LogP) is -0.716. The van der Waals surface area contributed by atoms with Crippen LogP contribution in [0.15, 0.2) is 0 Å². The lowest BCUT2D eigenvalue weighted by Crippen LogP contribution is -2.25. The molecule has 72 valence electrons. The molecule has 0 saturated carbocycles. The van der Waals surface area contributed by atoms with Crippen LogP contribution in [0.3, 0.4) is 0 Å². The summed E-state index contributed by atoms with van der Waals surface area (Å²) < 4.78 is 0. The van der Waals surface area contributed by atoms with Crippen molar-refractivity contribution in [3.8, 4) is 0 Å². The third-order valence-electron chi connectivity index (χ3n) is 1.85. The number of nitrogens with two attached hydrogens (primary N) is 1. The van der Waals surface area contributed by atoms with Crippen molar-refractivity contribution in [2.24, 2.45) is 11.7 Å². The van der Waals surface area contributed by atoms with Crippen molar-refractivity contribution < 1.29 is 15.0 Å². The average Bonchev–Trinajstić information content (AvgIpc) is 2.11. The Hall–Kier alpha value is -0.450. The predicted molar refractivity (Wildman–Crippen MR) is 45.6 cm³/mol. The first-order chi connectivity index (χ1) is 5.76. The van der Waals surface area contributed by atoms with E-state index in [0.717, 1.165) is 12.8 Å². The quantitative estimate of drug-likeness (QED) is 0.352. The van der Waals surface area contributed by atoms with E-state index >= 15 is 0 Å². The Balaban J connectivity index is 3.59. The first-order valence-corrected chi connectivity index (χ1v) is 4.20. The molecule has 0 aliphatic heterocycles. The molecular weight excluding hydrogens is 158 g/mol. The molecule has 0 bridgehead atoms. The molecule has 0 aromatic heterocycles. The van der Waals surface area contributed by atoms with Gasteiger partial charge in [0.1, 0.15) is 6.29 Å². The van der Waals surface area contributed by atoms with Crippen LogP contribution in [0.4, 0.5) is 0 Å². The van der Waals surface area contributed by atoms with Gasteiger partial charge in [0, 0.05) is 5.92 Å². The molecule has 2 atom stereocenters. The molecule has 0 aliphatic carbocycles. The van der Waals surface area contributed by atoms with Crippen LogP contribution in [-0.2, 0) is 4.79 Å². The number of unbranched alkanes of at least 4 members (excludes halogenated alkanes) is 1. The fourth-order valence-corrected chi connectivity index (χ4v) is 1.01. The Labute approximate surface area is 72.4 Å². The van der Waals surface area contributed by atoms with Crippen molar-refractivity contribution in [1.29, 1.82) is 0 Å². The lowest BCUT2D eigenvalue weighted by Gasteiger charge is -2.14. The van der Waals surface area contributed by atoms with Gasteiger partial charge in [-0.2, -0.15) is 0 Å². The van der Waals surface area contributed by atoms with E-state index in [4.69, 9.17) is 15.9 Å². The molecule has 0 aromatic rings. The van der Waals surface area contributed by atoms with Crippen LogP contribution in [0, 0.1) is 5.92 Å². The van der Waals surface area contributed by atoms with Gasteiger partial charge >= 0.3 is 0 Å². The second-order valence-electron chi connectivity index (χ2n) is 2.83. The van der Waals surface area contributed by atoms with E-state index in [1.807, 2.05) is 0 Å². The fourth-order valence-electron chi connectivity index (χ4n) is 1.01. The van der Waals surface area contributed by atoms with Crippen LogP contribution >= 0.6 is 0 Å². The Kier molecular flexibility index (Phi) is 6.94. The highest BCUT2D eigenvalue weighted by Gasteiger charge is 2.16. The Morgan fingerprint density at radius 2 is 2.08 bits per heavy atom. The fraction of sp³-hybridized carbons (Fsp3) is 0.875. The highest BCUT2D eigenvalue weighted by molar-refractivity contribution is 5.54. The molecule has 0 spiro atoms. The van der Waals surface area contributed by atoms with E-state index in [-0.39, 0.29) is 6.61 Å². The van der Waals surface area contributed by atoms with Crippen molar-refractivity contribution in [2.75, 3.05) is 13.2 Å². The van der Waals surface area contributed by atoms with E-state index in [1.54, 1.807) is 0 Å².